The largest absolute Gasteiger partial charge is 0.311 e. The van der Waals surface area contributed by atoms with Crippen LogP contribution in [0.15, 0.2) is 0 Å². The Morgan fingerprint density at radius 3 is 2.40 bits per heavy atom. The molecular formula is C12H24N2O4S2. The van der Waals surface area contributed by atoms with Gasteiger partial charge in [-0.15, -0.1) is 0 Å². The maximum Gasteiger partial charge on any atom is 0.226 e. The molecule has 20 heavy (non-hydrogen) atoms. The van der Waals surface area contributed by atoms with Crippen molar-refractivity contribution >= 4 is 19.9 Å². The van der Waals surface area contributed by atoms with Gasteiger partial charge in [0.15, 0.2) is 14.9 Å². The van der Waals surface area contributed by atoms with E-state index in [9.17, 15) is 16.8 Å². The van der Waals surface area contributed by atoms with Gasteiger partial charge in [0.05, 0.1) is 0 Å². The van der Waals surface area contributed by atoms with E-state index in [0.29, 0.717) is 6.42 Å². The van der Waals surface area contributed by atoms with Crippen LogP contribution in [-0.2, 0) is 19.9 Å². The lowest BCUT2D eigenvalue weighted by molar-refractivity contribution is 0.165. The highest BCUT2D eigenvalue weighted by Crippen LogP contribution is 2.34. The fourth-order valence-electron chi connectivity index (χ4n) is 3.44. The SMILES string of the molecule is CS(=O)(=O)CS(=O)(=O)NC1CCNC2(CCCCC2)C1. The van der Waals surface area contributed by atoms with E-state index in [-0.39, 0.29) is 11.6 Å². The summed E-state index contributed by atoms with van der Waals surface area (Å²) in [6.07, 6.45) is 8.17. The van der Waals surface area contributed by atoms with Gasteiger partial charge < -0.3 is 5.32 Å². The fourth-order valence-corrected chi connectivity index (χ4v) is 6.67. The van der Waals surface area contributed by atoms with Crippen molar-refractivity contribution in [1.29, 1.82) is 0 Å². The Hall–Kier alpha value is -0.180. The van der Waals surface area contributed by atoms with Crippen LogP contribution in [0.3, 0.4) is 0 Å². The van der Waals surface area contributed by atoms with Crippen molar-refractivity contribution in [3.63, 3.8) is 0 Å². The molecule has 118 valence electrons. The molecule has 6 nitrogen and oxygen atoms in total. The third kappa shape index (κ3) is 4.68. The van der Waals surface area contributed by atoms with Crippen LogP contribution in [0.1, 0.15) is 44.9 Å². The molecule has 2 aliphatic rings. The fraction of sp³-hybridized carbons (Fsp3) is 1.00. The highest BCUT2D eigenvalue weighted by Gasteiger charge is 2.38. The molecule has 2 rings (SSSR count). The molecular weight excluding hydrogens is 300 g/mol. The molecule has 0 aromatic carbocycles. The molecule has 8 heteroatoms. The summed E-state index contributed by atoms with van der Waals surface area (Å²) in [6, 6.07) is -0.152. The zero-order chi connectivity index (χ0) is 14.9. The normalized spacial score (nSPS) is 27.6. The van der Waals surface area contributed by atoms with Crippen LogP contribution in [0.4, 0.5) is 0 Å². The lowest BCUT2D eigenvalue weighted by Crippen LogP contribution is -2.57. The number of sulfonamides is 1. The lowest BCUT2D eigenvalue weighted by Gasteiger charge is -2.44. The molecule has 1 aliphatic carbocycles. The minimum atomic E-state index is -3.76. The monoisotopic (exact) mass is 324 g/mol. The van der Waals surface area contributed by atoms with Gasteiger partial charge in [0.2, 0.25) is 10.0 Å². The molecule has 1 heterocycles. The van der Waals surface area contributed by atoms with Gasteiger partial charge in [-0.25, -0.2) is 21.6 Å². The second-order valence-electron chi connectivity index (χ2n) is 6.23. The van der Waals surface area contributed by atoms with Crippen LogP contribution in [0, 0.1) is 0 Å². The van der Waals surface area contributed by atoms with E-state index in [1.807, 2.05) is 0 Å². The Kier molecular flexibility index (Phi) is 4.78. The van der Waals surface area contributed by atoms with Crippen molar-refractivity contribution in [3.05, 3.63) is 0 Å². The average Bonchev–Trinajstić information content (AvgIpc) is 2.25. The maximum atomic E-state index is 11.9. The zero-order valence-corrected chi connectivity index (χ0v) is 13.5. The van der Waals surface area contributed by atoms with E-state index in [0.717, 1.165) is 32.1 Å². The van der Waals surface area contributed by atoms with Crippen LogP contribution >= 0.6 is 0 Å². The van der Waals surface area contributed by atoms with Crippen LogP contribution in [0.25, 0.3) is 0 Å². The van der Waals surface area contributed by atoms with Gasteiger partial charge in [-0.1, -0.05) is 19.3 Å². The third-order valence-electron chi connectivity index (χ3n) is 4.16. The van der Waals surface area contributed by atoms with Crippen LogP contribution in [0.5, 0.6) is 0 Å². The number of nitrogens with one attached hydrogen (secondary N) is 2. The summed E-state index contributed by atoms with van der Waals surface area (Å²) in [5.41, 5.74) is 0.0504. The van der Waals surface area contributed by atoms with Crippen molar-refractivity contribution in [1.82, 2.24) is 10.0 Å². The summed E-state index contributed by atoms with van der Waals surface area (Å²) >= 11 is 0. The predicted molar refractivity (Wildman–Crippen MR) is 78.6 cm³/mol. The quantitative estimate of drug-likeness (QED) is 0.779. The van der Waals surface area contributed by atoms with Crippen LogP contribution in [-0.4, -0.2) is 46.3 Å². The van der Waals surface area contributed by atoms with Gasteiger partial charge in [-0.05, 0) is 32.2 Å². The van der Waals surface area contributed by atoms with Gasteiger partial charge in [0.1, 0.15) is 0 Å². The molecule has 0 radical (unpaired) electrons. The highest BCUT2D eigenvalue weighted by molar-refractivity contribution is 8.06. The molecule has 1 saturated carbocycles. The second kappa shape index (κ2) is 5.90. The van der Waals surface area contributed by atoms with E-state index in [2.05, 4.69) is 10.0 Å². The number of hydrogen-bond acceptors (Lipinski definition) is 5. The Morgan fingerprint density at radius 1 is 1.15 bits per heavy atom. The van der Waals surface area contributed by atoms with E-state index >= 15 is 0 Å². The van der Waals surface area contributed by atoms with Gasteiger partial charge in [-0.3, -0.25) is 0 Å². The number of rotatable bonds is 4. The first-order chi connectivity index (χ1) is 9.20. The Morgan fingerprint density at radius 2 is 1.80 bits per heavy atom. The first-order valence-corrected chi connectivity index (χ1v) is 10.8. The average molecular weight is 324 g/mol. The summed E-state index contributed by atoms with van der Waals surface area (Å²) in [4.78, 5) is 0. The Balaban J connectivity index is 1.99. The number of piperidine rings is 1. The van der Waals surface area contributed by atoms with Crippen molar-refractivity contribution in [2.24, 2.45) is 0 Å². The zero-order valence-electron chi connectivity index (χ0n) is 11.9. The molecule has 0 aromatic rings. The molecule has 1 atom stereocenters. The van der Waals surface area contributed by atoms with E-state index in [1.54, 1.807) is 0 Å². The molecule has 1 saturated heterocycles. The minimum absolute atomic E-state index is 0.0504. The summed E-state index contributed by atoms with van der Waals surface area (Å²) in [6.45, 7) is 0.784. The van der Waals surface area contributed by atoms with Gasteiger partial charge >= 0.3 is 0 Å². The molecule has 0 amide bonds. The summed E-state index contributed by atoms with van der Waals surface area (Å²) < 4.78 is 48.6. The van der Waals surface area contributed by atoms with Gasteiger partial charge in [0.25, 0.3) is 0 Å². The lowest BCUT2D eigenvalue weighted by atomic mass is 9.75. The molecule has 0 aromatic heterocycles. The van der Waals surface area contributed by atoms with E-state index in [4.69, 9.17) is 0 Å². The number of hydrogen-bond donors (Lipinski definition) is 2. The number of sulfone groups is 1. The second-order valence-corrected chi connectivity index (χ2v) is 10.5. The predicted octanol–water partition coefficient (Wildman–Crippen LogP) is 0.363. The van der Waals surface area contributed by atoms with Crippen LogP contribution in [0.2, 0.25) is 0 Å². The van der Waals surface area contributed by atoms with Crippen molar-refractivity contribution < 1.29 is 16.8 Å². The molecule has 0 bridgehead atoms. The molecule has 1 aliphatic heterocycles. The van der Waals surface area contributed by atoms with Crippen molar-refractivity contribution in [3.8, 4) is 0 Å². The van der Waals surface area contributed by atoms with Crippen LogP contribution < -0.4 is 10.0 Å². The van der Waals surface area contributed by atoms with E-state index < -0.39 is 24.9 Å². The molecule has 2 fully saturated rings. The Bertz CT molecular complexity index is 530. The maximum absolute atomic E-state index is 11.9. The minimum Gasteiger partial charge on any atom is -0.311 e. The highest BCUT2D eigenvalue weighted by atomic mass is 32.3. The topological polar surface area (TPSA) is 92.3 Å². The first-order valence-electron chi connectivity index (χ1n) is 7.13. The summed E-state index contributed by atoms with van der Waals surface area (Å²) in [5, 5.41) is 2.72. The molecule has 2 N–H and O–H groups in total. The Labute approximate surface area is 121 Å². The summed E-state index contributed by atoms with van der Waals surface area (Å²) in [7, 11) is -7.29. The van der Waals surface area contributed by atoms with E-state index in [1.165, 1.54) is 19.3 Å². The van der Waals surface area contributed by atoms with Gasteiger partial charge in [0, 0.05) is 17.8 Å². The molecule has 1 unspecified atom stereocenters. The van der Waals surface area contributed by atoms with Gasteiger partial charge in [-0.2, -0.15) is 0 Å². The standard InChI is InChI=1S/C12H24N2O4S2/c1-19(15,16)10-20(17,18)14-11-5-8-13-12(9-11)6-3-2-4-7-12/h11,13-14H,2-10H2,1H3. The molecule has 1 spiro atoms. The smallest absolute Gasteiger partial charge is 0.226 e. The van der Waals surface area contributed by atoms with Crippen molar-refractivity contribution in [2.75, 3.05) is 17.9 Å². The first kappa shape index (κ1) is 16.2. The third-order valence-corrected chi connectivity index (χ3v) is 7.80. The summed E-state index contributed by atoms with van der Waals surface area (Å²) in [5.74, 6) is 0. The van der Waals surface area contributed by atoms with Crippen molar-refractivity contribution in [2.45, 2.75) is 56.5 Å².